The van der Waals surface area contributed by atoms with Crippen molar-refractivity contribution in [3.8, 4) is 0 Å². The van der Waals surface area contributed by atoms with E-state index in [4.69, 9.17) is 5.73 Å². The third kappa shape index (κ3) is 2.55. The minimum Gasteiger partial charge on any atom is -0.398 e. The average molecular weight is 233 g/mol. The fourth-order valence-electron chi connectivity index (χ4n) is 1.76. The van der Waals surface area contributed by atoms with Gasteiger partial charge < -0.3 is 16.4 Å². The van der Waals surface area contributed by atoms with E-state index in [1.54, 1.807) is 12.1 Å². The number of benzene rings is 1. The van der Waals surface area contributed by atoms with Gasteiger partial charge in [-0.25, -0.2) is 0 Å². The smallest absolute Gasteiger partial charge is 0.251 e. The number of carbonyl (C=O) groups is 2. The predicted molar refractivity (Wildman–Crippen MR) is 64.5 cm³/mol. The standard InChI is InChI=1S/C12H15N3O2/c1-7-2-3-8(4-10(7)13)12(17)15-9-5-11(16)14-6-9/h2-4,9H,5-6,13H2,1H3,(H,14,16)(H,15,17). The van der Waals surface area contributed by atoms with Crippen molar-refractivity contribution >= 4 is 17.5 Å². The summed E-state index contributed by atoms with van der Waals surface area (Å²) in [5.74, 6) is -0.225. The molecule has 1 atom stereocenters. The second-order valence-electron chi connectivity index (χ2n) is 4.25. The minimum atomic E-state index is -0.196. The van der Waals surface area contributed by atoms with Crippen molar-refractivity contribution in [1.29, 1.82) is 0 Å². The first kappa shape index (κ1) is 11.4. The highest BCUT2D eigenvalue weighted by molar-refractivity contribution is 5.96. The number of aryl methyl sites for hydroxylation is 1. The maximum Gasteiger partial charge on any atom is 0.251 e. The lowest BCUT2D eigenvalue weighted by Gasteiger charge is -2.11. The highest BCUT2D eigenvalue weighted by Crippen LogP contribution is 2.13. The molecule has 1 unspecified atom stereocenters. The third-order valence-electron chi connectivity index (χ3n) is 2.85. The summed E-state index contributed by atoms with van der Waals surface area (Å²) in [4.78, 5) is 22.9. The molecule has 0 saturated carbocycles. The largest absolute Gasteiger partial charge is 0.398 e. The van der Waals surface area contributed by atoms with Gasteiger partial charge in [-0.2, -0.15) is 0 Å². The summed E-state index contributed by atoms with van der Waals surface area (Å²) in [6.45, 7) is 2.38. The Kier molecular flexibility index (Phi) is 2.99. The van der Waals surface area contributed by atoms with E-state index in [0.29, 0.717) is 24.2 Å². The third-order valence-corrected chi connectivity index (χ3v) is 2.85. The van der Waals surface area contributed by atoms with Gasteiger partial charge >= 0.3 is 0 Å². The van der Waals surface area contributed by atoms with Crippen LogP contribution in [0.25, 0.3) is 0 Å². The van der Waals surface area contributed by atoms with Crippen LogP contribution in [0.1, 0.15) is 22.3 Å². The van der Waals surface area contributed by atoms with Gasteiger partial charge in [0.15, 0.2) is 0 Å². The van der Waals surface area contributed by atoms with E-state index in [-0.39, 0.29) is 17.9 Å². The Labute approximate surface area is 99.4 Å². The monoisotopic (exact) mass is 233 g/mol. The van der Waals surface area contributed by atoms with Gasteiger partial charge in [0.2, 0.25) is 5.91 Å². The maximum atomic E-state index is 11.9. The molecule has 0 radical (unpaired) electrons. The summed E-state index contributed by atoms with van der Waals surface area (Å²) in [5, 5.41) is 5.46. The van der Waals surface area contributed by atoms with Crippen LogP contribution >= 0.6 is 0 Å². The Morgan fingerprint density at radius 2 is 2.29 bits per heavy atom. The number of nitrogens with two attached hydrogens (primary N) is 1. The molecule has 1 heterocycles. The van der Waals surface area contributed by atoms with Gasteiger partial charge in [0.05, 0.1) is 6.04 Å². The Balaban J connectivity index is 2.04. The van der Waals surface area contributed by atoms with Crippen LogP contribution in [0.3, 0.4) is 0 Å². The number of hydrogen-bond donors (Lipinski definition) is 3. The Morgan fingerprint density at radius 3 is 2.88 bits per heavy atom. The molecule has 2 rings (SSSR count). The van der Waals surface area contributed by atoms with Crippen LogP contribution in [0.5, 0.6) is 0 Å². The van der Waals surface area contributed by atoms with Crippen LogP contribution in [0.4, 0.5) is 5.69 Å². The van der Waals surface area contributed by atoms with Crippen molar-refractivity contribution in [1.82, 2.24) is 10.6 Å². The Hall–Kier alpha value is -2.04. The van der Waals surface area contributed by atoms with E-state index in [1.165, 1.54) is 0 Å². The van der Waals surface area contributed by atoms with Crippen LogP contribution < -0.4 is 16.4 Å². The molecule has 5 nitrogen and oxygen atoms in total. The summed E-state index contributed by atoms with van der Waals surface area (Å²) in [6.07, 6.45) is 0.340. The molecule has 1 aromatic rings. The number of anilines is 1. The van der Waals surface area contributed by atoms with Gasteiger partial charge in [-0.3, -0.25) is 9.59 Å². The molecule has 0 aromatic heterocycles. The first-order valence-corrected chi connectivity index (χ1v) is 5.50. The molecule has 1 aromatic carbocycles. The number of rotatable bonds is 2. The lowest BCUT2D eigenvalue weighted by Crippen LogP contribution is -2.36. The predicted octanol–water partition coefficient (Wildman–Crippen LogP) is 0.196. The van der Waals surface area contributed by atoms with Crippen molar-refractivity contribution in [2.24, 2.45) is 0 Å². The zero-order valence-electron chi connectivity index (χ0n) is 9.62. The van der Waals surface area contributed by atoms with Gasteiger partial charge in [-0.05, 0) is 24.6 Å². The zero-order chi connectivity index (χ0) is 12.4. The number of nitrogen functional groups attached to an aromatic ring is 1. The van der Waals surface area contributed by atoms with E-state index in [9.17, 15) is 9.59 Å². The first-order valence-electron chi connectivity index (χ1n) is 5.50. The average Bonchev–Trinajstić information content (AvgIpc) is 2.68. The summed E-state index contributed by atoms with van der Waals surface area (Å²) in [7, 11) is 0. The molecule has 1 aliphatic rings. The lowest BCUT2D eigenvalue weighted by atomic mass is 10.1. The van der Waals surface area contributed by atoms with Crippen molar-refractivity contribution in [2.75, 3.05) is 12.3 Å². The van der Waals surface area contributed by atoms with Crippen molar-refractivity contribution in [3.05, 3.63) is 29.3 Å². The van der Waals surface area contributed by atoms with Gasteiger partial charge in [0.1, 0.15) is 0 Å². The van der Waals surface area contributed by atoms with E-state index in [2.05, 4.69) is 10.6 Å². The molecule has 0 bridgehead atoms. The minimum absolute atomic E-state index is 0.0290. The molecule has 0 spiro atoms. The number of amides is 2. The van der Waals surface area contributed by atoms with Crippen molar-refractivity contribution < 1.29 is 9.59 Å². The first-order chi connectivity index (χ1) is 8.06. The van der Waals surface area contributed by atoms with Crippen LogP contribution in [0.2, 0.25) is 0 Å². The molecular formula is C12H15N3O2. The van der Waals surface area contributed by atoms with Crippen LogP contribution in [-0.4, -0.2) is 24.4 Å². The van der Waals surface area contributed by atoms with E-state index < -0.39 is 0 Å². The fourth-order valence-corrected chi connectivity index (χ4v) is 1.76. The molecule has 2 amide bonds. The summed E-state index contributed by atoms with van der Waals surface area (Å²) >= 11 is 0. The second kappa shape index (κ2) is 4.45. The highest BCUT2D eigenvalue weighted by atomic mass is 16.2. The van der Waals surface area contributed by atoms with Gasteiger partial charge in [0, 0.05) is 24.2 Å². The number of nitrogens with one attached hydrogen (secondary N) is 2. The summed E-state index contributed by atoms with van der Waals surface area (Å²) < 4.78 is 0. The normalized spacial score (nSPS) is 18.9. The van der Waals surface area contributed by atoms with Crippen LogP contribution in [0.15, 0.2) is 18.2 Å². The van der Waals surface area contributed by atoms with Gasteiger partial charge in [0.25, 0.3) is 5.91 Å². The van der Waals surface area contributed by atoms with Crippen LogP contribution in [0, 0.1) is 6.92 Å². The Morgan fingerprint density at radius 1 is 1.53 bits per heavy atom. The second-order valence-corrected chi connectivity index (χ2v) is 4.25. The fraction of sp³-hybridized carbons (Fsp3) is 0.333. The Bertz CT molecular complexity index is 471. The van der Waals surface area contributed by atoms with Gasteiger partial charge in [-0.15, -0.1) is 0 Å². The molecule has 90 valence electrons. The van der Waals surface area contributed by atoms with Crippen LogP contribution in [-0.2, 0) is 4.79 Å². The molecular weight excluding hydrogens is 218 g/mol. The highest BCUT2D eigenvalue weighted by Gasteiger charge is 2.23. The molecule has 1 fully saturated rings. The van der Waals surface area contributed by atoms with E-state index in [0.717, 1.165) is 5.56 Å². The summed E-state index contributed by atoms with van der Waals surface area (Å²) in [6, 6.07) is 5.06. The molecule has 0 aliphatic carbocycles. The quantitative estimate of drug-likeness (QED) is 0.638. The van der Waals surface area contributed by atoms with E-state index in [1.807, 2.05) is 13.0 Å². The molecule has 17 heavy (non-hydrogen) atoms. The van der Waals surface area contributed by atoms with E-state index >= 15 is 0 Å². The number of hydrogen-bond acceptors (Lipinski definition) is 3. The number of carbonyl (C=O) groups excluding carboxylic acids is 2. The topological polar surface area (TPSA) is 84.2 Å². The maximum absolute atomic E-state index is 11.9. The lowest BCUT2D eigenvalue weighted by molar-refractivity contribution is -0.119. The molecule has 1 aliphatic heterocycles. The van der Waals surface area contributed by atoms with Crippen molar-refractivity contribution in [3.63, 3.8) is 0 Å². The molecule has 1 saturated heterocycles. The SMILES string of the molecule is Cc1ccc(C(=O)NC2CNC(=O)C2)cc1N. The molecule has 5 heteroatoms. The summed E-state index contributed by atoms with van der Waals surface area (Å²) in [5.41, 5.74) is 7.80. The molecule has 4 N–H and O–H groups in total. The zero-order valence-corrected chi connectivity index (χ0v) is 9.62. The van der Waals surface area contributed by atoms with Crippen molar-refractivity contribution in [2.45, 2.75) is 19.4 Å². The van der Waals surface area contributed by atoms with Gasteiger partial charge in [-0.1, -0.05) is 6.07 Å².